The number of ether oxygens (including phenoxy) is 2. The third-order valence-corrected chi connectivity index (χ3v) is 5.86. The minimum absolute atomic E-state index is 0.0373. The van der Waals surface area contributed by atoms with Crippen molar-refractivity contribution < 1.29 is 27.1 Å². The number of hydrogen-bond acceptors (Lipinski definition) is 5. The number of halogens is 1. The molecule has 156 valence electrons. The Morgan fingerprint density at radius 3 is 2.66 bits per heavy atom. The van der Waals surface area contributed by atoms with Crippen molar-refractivity contribution in [2.75, 3.05) is 19.8 Å². The first-order valence-electron chi connectivity index (χ1n) is 9.29. The molecule has 7 nitrogen and oxygen atoms in total. The van der Waals surface area contributed by atoms with E-state index < -0.39 is 16.1 Å². The predicted molar refractivity (Wildman–Crippen MR) is 105 cm³/mol. The first-order valence-corrected chi connectivity index (χ1v) is 10.8. The molecular formula is C20H23FN2O5S. The molecule has 2 aromatic rings. The van der Waals surface area contributed by atoms with Gasteiger partial charge in [0.15, 0.2) is 11.5 Å². The van der Waals surface area contributed by atoms with Crippen LogP contribution >= 0.6 is 0 Å². The minimum Gasteiger partial charge on any atom is -0.490 e. The molecule has 0 saturated heterocycles. The molecule has 2 N–H and O–H groups in total. The van der Waals surface area contributed by atoms with Crippen molar-refractivity contribution in [1.29, 1.82) is 0 Å². The Balaban J connectivity index is 1.54. The van der Waals surface area contributed by atoms with Crippen LogP contribution in [0.15, 0.2) is 47.4 Å². The molecule has 0 saturated carbocycles. The van der Waals surface area contributed by atoms with Gasteiger partial charge in [0.05, 0.1) is 24.2 Å². The number of fused-ring (bicyclic) bond motifs is 1. The summed E-state index contributed by atoms with van der Waals surface area (Å²) in [6.07, 6.45) is 0.668. The van der Waals surface area contributed by atoms with E-state index in [1.807, 2.05) is 0 Å². The van der Waals surface area contributed by atoms with Gasteiger partial charge in [-0.05, 0) is 36.8 Å². The molecule has 2 aromatic carbocycles. The second-order valence-electron chi connectivity index (χ2n) is 6.65. The molecule has 29 heavy (non-hydrogen) atoms. The van der Waals surface area contributed by atoms with Crippen LogP contribution in [0.2, 0.25) is 0 Å². The number of rotatable bonds is 7. The summed E-state index contributed by atoms with van der Waals surface area (Å²) in [5, 5.41) is 2.72. The van der Waals surface area contributed by atoms with E-state index in [9.17, 15) is 17.6 Å². The molecule has 0 fully saturated rings. The third-order valence-electron chi connectivity index (χ3n) is 4.40. The van der Waals surface area contributed by atoms with Gasteiger partial charge in [0, 0.05) is 25.5 Å². The van der Waals surface area contributed by atoms with Crippen LogP contribution in [0.25, 0.3) is 0 Å². The zero-order valence-electron chi connectivity index (χ0n) is 16.0. The number of benzene rings is 2. The van der Waals surface area contributed by atoms with E-state index >= 15 is 0 Å². The van der Waals surface area contributed by atoms with Crippen molar-refractivity contribution in [3.63, 3.8) is 0 Å². The van der Waals surface area contributed by atoms with E-state index in [0.717, 1.165) is 6.42 Å². The average molecular weight is 422 g/mol. The molecule has 1 amide bonds. The topological polar surface area (TPSA) is 93.7 Å². The van der Waals surface area contributed by atoms with Gasteiger partial charge in [-0.1, -0.05) is 12.1 Å². The molecule has 0 aromatic heterocycles. The molecule has 0 aliphatic carbocycles. The molecule has 1 heterocycles. The molecule has 3 rings (SSSR count). The molecule has 9 heteroatoms. The first-order chi connectivity index (χ1) is 13.8. The van der Waals surface area contributed by atoms with Crippen molar-refractivity contribution in [1.82, 2.24) is 10.0 Å². The Hall–Kier alpha value is -2.65. The fourth-order valence-electron chi connectivity index (χ4n) is 2.87. The summed E-state index contributed by atoms with van der Waals surface area (Å²) in [6, 6.07) is 9.96. The SMILES string of the molecule is CC(NC(=O)CCNS(=O)(=O)c1ccc2c(c1)OCCCO2)c1cccc(F)c1. The van der Waals surface area contributed by atoms with Gasteiger partial charge in [0.2, 0.25) is 15.9 Å². The Labute approximate surface area is 169 Å². The van der Waals surface area contributed by atoms with Crippen molar-refractivity contribution in [2.24, 2.45) is 0 Å². The zero-order valence-corrected chi connectivity index (χ0v) is 16.8. The lowest BCUT2D eigenvalue weighted by atomic mass is 10.1. The van der Waals surface area contributed by atoms with E-state index in [4.69, 9.17) is 9.47 Å². The van der Waals surface area contributed by atoms with Crippen molar-refractivity contribution >= 4 is 15.9 Å². The number of carbonyl (C=O) groups excluding carboxylic acids is 1. The van der Waals surface area contributed by atoms with E-state index in [1.54, 1.807) is 25.1 Å². The Morgan fingerprint density at radius 2 is 1.90 bits per heavy atom. The second kappa shape index (κ2) is 9.23. The lowest BCUT2D eigenvalue weighted by Gasteiger charge is -2.15. The third kappa shape index (κ3) is 5.68. The van der Waals surface area contributed by atoms with Gasteiger partial charge >= 0.3 is 0 Å². The minimum atomic E-state index is -3.80. The maximum atomic E-state index is 13.3. The summed E-state index contributed by atoms with van der Waals surface area (Å²) < 4.78 is 51.7. The lowest BCUT2D eigenvalue weighted by Crippen LogP contribution is -2.32. The average Bonchev–Trinajstić information content (AvgIpc) is 2.92. The van der Waals surface area contributed by atoms with Gasteiger partial charge in [-0.25, -0.2) is 17.5 Å². The number of sulfonamides is 1. The maximum Gasteiger partial charge on any atom is 0.240 e. The van der Waals surface area contributed by atoms with Gasteiger partial charge in [0.25, 0.3) is 0 Å². The first kappa shape index (κ1) is 21.1. The highest BCUT2D eigenvalue weighted by Crippen LogP contribution is 2.31. The molecule has 1 unspecified atom stereocenters. The lowest BCUT2D eigenvalue weighted by molar-refractivity contribution is -0.121. The van der Waals surface area contributed by atoms with Crippen LogP contribution in [0.5, 0.6) is 11.5 Å². The molecule has 1 atom stereocenters. The largest absolute Gasteiger partial charge is 0.490 e. The fourth-order valence-corrected chi connectivity index (χ4v) is 3.91. The molecular weight excluding hydrogens is 399 g/mol. The van der Waals surface area contributed by atoms with E-state index in [1.165, 1.54) is 24.3 Å². The highest BCUT2D eigenvalue weighted by Gasteiger charge is 2.19. The Morgan fingerprint density at radius 1 is 1.14 bits per heavy atom. The standard InChI is InChI=1S/C20H23FN2O5S/c1-14(15-4-2-5-16(21)12-15)23-20(24)8-9-22-29(25,26)17-6-7-18-19(13-17)28-11-3-10-27-18/h2,4-7,12-14,22H,3,8-11H2,1H3,(H,23,24). The number of nitrogens with one attached hydrogen (secondary N) is 2. The fraction of sp³-hybridized carbons (Fsp3) is 0.350. The van der Waals surface area contributed by atoms with Crippen LogP contribution in [0.4, 0.5) is 4.39 Å². The van der Waals surface area contributed by atoms with Crippen LogP contribution in [0.3, 0.4) is 0 Å². The van der Waals surface area contributed by atoms with Crippen LogP contribution in [-0.2, 0) is 14.8 Å². The Kier molecular flexibility index (Phi) is 6.71. The van der Waals surface area contributed by atoms with Crippen molar-refractivity contribution in [3.05, 3.63) is 53.8 Å². The van der Waals surface area contributed by atoms with Gasteiger partial charge in [-0.15, -0.1) is 0 Å². The Bertz CT molecular complexity index is 981. The summed E-state index contributed by atoms with van der Waals surface area (Å²) in [5.41, 5.74) is 0.631. The van der Waals surface area contributed by atoms with E-state index in [2.05, 4.69) is 10.0 Å². The quantitative estimate of drug-likeness (QED) is 0.715. The molecule has 0 bridgehead atoms. The number of amides is 1. The highest BCUT2D eigenvalue weighted by atomic mass is 32.2. The predicted octanol–water partition coefficient (Wildman–Crippen LogP) is 2.53. The zero-order chi connectivity index (χ0) is 20.9. The van der Waals surface area contributed by atoms with Crippen LogP contribution in [-0.4, -0.2) is 34.1 Å². The van der Waals surface area contributed by atoms with Crippen LogP contribution in [0.1, 0.15) is 31.4 Å². The van der Waals surface area contributed by atoms with Gasteiger partial charge in [-0.3, -0.25) is 4.79 Å². The molecule has 1 aliphatic rings. The molecule has 1 aliphatic heterocycles. The van der Waals surface area contributed by atoms with Gasteiger partial charge in [-0.2, -0.15) is 0 Å². The van der Waals surface area contributed by atoms with Gasteiger partial charge < -0.3 is 14.8 Å². The highest BCUT2D eigenvalue weighted by molar-refractivity contribution is 7.89. The van der Waals surface area contributed by atoms with Crippen LogP contribution in [0, 0.1) is 5.82 Å². The molecule has 0 spiro atoms. The monoisotopic (exact) mass is 422 g/mol. The van der Waals surface area contributed by atoms with Gasteiger partial charge in [0.1, 0.15) is 5.82 Å². The molecule has 0 radical (unpaired) electrons. The summed E-state index contributed by atoms with van der Waals surface area (Å²) in [5.74, 6) is 0.161. The number of hydrogen-bond donors (Lipinski definition) is 2. The summed E-state index contributed by atoms with van der Waals surface area (Å²) in [7, 11) is -3.80. The second-order valence-corrected chi connectivity index (χ2v) is 8.42. The normalized spacial score (nSPS) is 14.7. The summed E-state index contributed by atoms with van der Waals surface area (Å²) >= 11 is 0. The van der Waals surface area contributed by atoms with Crippen molar-refractivity contribution in [2.45, 2.75) is 30.7 Å². The van der Waals surface area contributed by atoms with Crippen molar-refractivity contribution in [3.8, 4) is 11.5 Å². The van der Waals surface area contributed by atoms with Crippen LogP contribution < -0.4 is 19.5 Å². The van der Waals surface area contributed by atoms with E-state index in [0.29, 0.717) is 30.3 Å². The maximum absolute atomic E-state index is 13.3. The summed E-state index contributed by atoms with van der Waals surface area (Å²) in [6.45, 7) is 2.63. The van der Waals surface area contributed by atoms with E-state index in [-0.39, 0.29) is 29.6 Å². The summed E-state index contributed by atoms with van der Waals surface area (Å²) in [4.78, 5) is 12.1. The number of carbonyl (C=O) groups is 1. The smallest absolute Gasteiger partial charge is 0.240 e.